The zero-order valence-electron chi connectivity index (χ0n) is 35.2. The fourth-order valence-corrected chi connectivity index (χ4v) is 6.15. The number of allylic oxidation sites excluding steroid dienone is 8. The molecule has 0 heterocycles. The van der Waals surface area contributed by atoms with Gasteiger partial charge in [0.25, 0.3) is 7.82 Å². The Bertz CT molecular complexity index is 1070. The average molecular weight is 782 g/mol. The van der Waals surface area contributed by atoms with Gasteiger partial charge < -0.3 is 27.9 Å². The van der Waals surface area contributed by atoms with Crippen LogP contribution in [0.4, 0.5) is 0 Å². The van der Waals surface area contributed by atoms with E-state index >= 15 is 0 Å². The van der Waals surface area contributed by atoms with Crippen LogP contribution in [0.1, 0.15) is 168 Å². The molecule has 0 radical (unpaired) electrons. The number of rotatable bonds is 38. The van der Waals surface area contributed by atoms with Crippen LogP contribution >= 0.6 is 7.82 Å². The Hall–Kier alpha value is -2.03. The maximum atomic E-state index is 12.6. The van der Waals surface area contributed by atoms with Crippen molar-refractivity contribution >= 4 is 19.8 Å². The summed E-state index contributed by atoms with van der Waals surface area (Å²) in [5, 5.41) is 0. The van der Waals surface area contributed by atoms with Crippen LogP contribution < -0.4 is 4.89 Å². The Morgan fingerprint density at radius 2 is 1.00 bits per heavy atom. The number of hydrogen-bond donors (Lipinski definition) is 0. The Morgan fingerprint density at radius 1 is 0.574 bits per heavy atom. The van der Waals surface area contributed by atoms with Crippen molar-refractivity contribution in [3.05, 3.63) is 48.6 Å². The van der Waals surface area contributed by atoms with Crippen LogP contribution in [0.2, 0.25) is 0 Å². The summed E-state index contributed by atoms with van der Waals surface area (Å²) >= 11 is 0. The molecule has 0 spiro atoms. The molecule has 0 aromatic carbocycles. The third kappa shape index (κ3) is 39.7. The van der Waals surface area contributed by atoms with Gasteiger partial charge >= 0.3 is 11.9 Å². The second kappa shape index (κ2) is 36.6. The lowest BCUT2D eigenvalue weighted by molar-refractivity contribution is -0.870. The van der Waals surface area contributed by atoms with E-state index in [4.69, 9.17) is 18.5 Å². The lowest BCUT2D eigenvalue weighted by Crippen LogP contribution is -2.37. The highest BCUT2D eigenvalue weighted by Crippen LogP contribution is 2.38. The molecular weight excluding hydrogens is 701 g/mol. The predicted octanol–water partition coefficient (Wildman–Crippen LogP) is 11.3. The smallest absolute Gasteiger partial charge is 0.306 e. The van der Waals surface area contributed by atoms with Gasteiger partial charge in [-0.15, -0.1) is 0 Å². The molecule has 0 aliphatic carbocycles. The first-order chi connectivity index (χ1) is 26.0. The van der Waals surface area contributed by atoms with Crippen LogP contribution in [-0.4, -0.2) is 70.0 Å². The van der Waals surface area contributed by atoms with Crippen molar-refractivity contribution in [2.24, 2.45) is 0 Å². The second-order valence-corrected chi connectivity index (χ2v) is 16.8. The maximum Gasteiger partial charge on any atom is 0.306 e. The highest BCUT2D eigenvalue weighted by atomic mass is 31.2. The second-order valence-electron chi connectivity index (χ2n) is 15.3. The minimum absolute atomic E-state index is 0.0407. The average Bonchev–Trinajstić information content (AvgIpc) is 3.12. The summed E-state index contributed by atoms with van der Waals surface area (Å²) in [4.78, 5) is 37.4. The molecule has 0 N–H and O–H groups in total. The maximum absolute atomic E-state index is 12.6. The number of phosphoric ester groups is 1. The van der Waals surface area contributed by atoms with Gasteiger partial charge in [0.05, 0.1) is 27.7 Å². The first kappa shape index (κ1) is 52.0. The van der Waals surface area contributed by atoms with E-state index in [0.29, 0.717) is 23.9 Å². The molecule has 0 amide bonds. The molecule has 9 nitrogen and oxygen atoms in total. The van der Waals surface area contributed by atoms with Gasteiger partial charge in [-0.1, -0.05) is 127 Å². The molecule has 314 valence electrons. The van der Waals surface area contributed by atoms with E-state index in [1.165, 1.54) is 64.2 Å². The minimum atomic E-state index is -4.63. The number of esters is 2. The molecule has 0 aliphatic heterocycles. The Kier molecular flexibility index (Phi) is 35.2. The van der Waals surface area contributed by atoms with Crippen LogP contribution in [0, 0.1) is 0 Å². The third-order valence-electron chi connectivity index (χ3n) is 8.82. The summed E-state index contributed by atoms with van der Waals surface area (Å²) in [5.41, 5.74) is 0. The van der Waals surface area contributed by atoms with Gasteiger partial charge in [0.1, 0.15) is 19.8 Å². The molecule has 54 heavy (non-hydrogen) atoms. The Morgan fingerprint density at radius 3 is 1.57 bits per heavy atom. The van der Waals surface area contributed by atoms with Crippen molar-refractivity contribution in [1.82, 2.24) is 0 Å². The number of hydrogen-bond acceptors (Lipinski definition) is 8. The number of ether oxygens (including phenoxy) is 2. The van der Waals surface area contributed by atoms with Gasteiger partial charge in [-0.3, -0.25) is 14.2 Å². The van der Waals surface area contributed by atoms with Crippen molar-refractivity contribution in [2.75, 3.05) is 47.5 Å². The van der Waals surface area contributed by atoms with Gasteiger partial charge in [-0.2, -0.15) is 0 Å². The van der Waals surface area contributed by atoms with E-state index in [1.807, 2.05) is 21.1 Å². The lowest BCUT2D eigenvalue weighted by Gasteiger charge is -2.28. The van der Waals surface area contributed by atoms with Crippen LogP contribution in [0.25, 0.3) is 0 Å². The molecule has 0 bridgehead atoms. The van der Waals surface area contributed by atoms with Crippen molar-refractivity contribution < 1.29 is 42.1 Å². The zero-order chi connectivity index (χ0) is 40.0. The van der Waals surface area contributed by atoms with Crippen LogP contribution in [0.5, 0.6) is 0 Å². The summed E-state index contributed by atoms with van der Waals surface area (Å²) in [7, 11) is 1.13. The largest absolute Gasteiger partial charge is 0.756 e. The van der Waals surface area contributed by atoms with E-state index in [2.05, 4.69) is 62.5 Å². The van der Waals surface area contributed by atoms with Crippen LogP contribution in [0.3, 0.4) is 0 Å². The lowest BCUT2D eigenvalue weighted by atomic mass is 10.1. The molecular formula is C44H80NO8P. The van der Waals surface area contributed by atoms with Gasteiger partial charge in [0.2, 0.25) is 0 Å². The number of likely N-dealkylation sites (N-methyl/N-ethyl adjacent to an activating group) is 1. The fraction of sp³-hybridized carbons (Fsp3) is 0.773. The Balaban J connectivity index is 4.47. The summed E-state index contributed by atoms with van der Waals surface area (Å²) < 4.78 is 33.8. The molecule has 10 heteroatoms. The van der Waals surface area contributed by atoms with Gasteiger partial charge in [0, 0.05) is 12.8 Å². The normalized spacial score (nSPS) is 14.1. The van der Waals surface area contributed by atoms with E-state index in [1.54, 1.807) is 0 Å². The van der Waals surface area contributed by atoms with Crippen molar-refractivity contribution in [3.8, 4) is 0 Å². The number of phosphoric acid groups is 1. The summed E-state index contributed by atoms with van der Waals surface area (Å²) in [6.07, 6.45) is 41.4. The van der Waals surface area contributed by atoms with E-state index < -0.39 is 32.5 Å². The molecule has 0 aromatic rings. The number of carbonyl (C=O) groups is 2. The minimum Gasteiger partial charge on any atom is -0.756 e. The molecule has 1 unspecified atom stereocenters. The number of carbonyl (C=O) groups excluding carboxylic acids is 2. The number of quaternary nitrogens is 1. The zero-order valence-corrected chi connectivity index (χ0v) is 36.0. The van der Waals surface area contributed by atoms with Gasteiger partial charge in [-0.25, -0.2) is 0 Å². The summed E-state index contributed by atoms with van der Waals surface area (Å²) in [5.74, 6) is -0.892. The predicted molar refractivity (Wildman–Crippen MR) is 222 cm³/mol. The standard InChI is InChI=1S/C44H80NO8P/c1-6-8-10-12-14-16-18-20-22-24-26-28-30-32-34-36-43(46)50-40-42(41-52-54(48,49)51-39-38-45(3,4)5)53-44(47)37-35-33-31-29-27-25-23-21-19-17-15-13-11-9-7-2/h15,17,20-23,27,29,42H,6-14,16,18-19,24-26,28,30-41H2,1-5H3/b17-15+,22-20+,23-21+,29-27+/t42-/m1/s1. The first-order valence-corrected chi connectivity index (χ1v) is 22.8. The SMILES string of the molecule is CCCCC/C=C/C/C=C/C/C=C/CCCCC(=O)O[C@H](COC(=O)CCCCCCC/C=C/CCCCCCCC)COP(=O)([O-])OCC[N+](C)(C)C. The molecule has 0 fully saturated rings. The summed E-state index contributed by atoms with van der Waals surface area (Å²) in [6.45, 7) is 4.12. The highest BCUT2D eigenvalue weighted by Gasteiger charge is 2.21. The van der Waals surface area contributed by atoms with Crippen LogP contribution in [-0.2, 0) is 32.7 Å². The molecule has 0 aliphatic rings. The van der Waals surface area contributed by atoms with Gasteiger partial charge in [-0.05, 0) is 77.0 Å². The van der Waals surface area contributed by atoms with Crippen molar-refractivity contribution in [2.45, 2.75) is 174 Å². The van der Waals surface area contributed by atoms with Crippen molar-refractivity contribution in [3.63, 3.8) is 0 Å². The monoisotopic (exact) mass is 782 g/mol. The van der Waals surface area contributed by atoms with E-state index in [9.17, 15) is 19.0 Å². The molecule has 0 aromatic heterocycles. The number of unbranched alkanes of at least 4 members (excludes halogenated alkanes) is 16. The third-order valence-corrected chi connectivity index (χ3v) is 9.79. The molecule has 2 atom stereocenters. The first-order valence-electron chi connectivity index (χ1n) is 21.3. The van der Waals surface area contributed by atoms with E-state index in [-0.39, 0.29) is 26.1 Å². The molecule has 0 saturated heterocycles. The quantitative estimate of drug-likeness (QED) is 0.0200. The van der Waals surface area contributed by atoms with Gasteiger partial charge in [0.15, 0.2) is 6.10 Å². The molecule has 0 saturated carbocycles. The Labute approximate surface area is 331 Å². The topological polar surface area (TPSA) is 111 Å². The summed E-state index contributed by atoms with van der Waals surface area (Å²) in [6, 6.07) is 0. The fourth-order valence-electron chi connectivity index (χ4n) is 5.42. The van der Waals surface area contributed by atoms with Crippen molar-refractivity contribution in [1.29, 1.82) is 0 Å². The number of nitrogens with zero attached hydrogens (tertiary/aromatic N) is 1. The van der Waals surface area contributed by atoms with E-state index in [0.717, 1.165) is 64.2 Å². The van der Waals surface area contributed by atoms with Crippen LogP contribution in [0.15, 0.2) is 48.6 Å². The highest BCUT2D eigenvalue weighted by molar-refractivity contribution is 7.45. The molecule has 0 rings (SSSR count).